The zero-order valence-electron chi connectivity index (χ0n) is 4.89. The average molecular weight is 114 g/mol. The summed E-state index contributed by atoms with van der Waals surface area (Å²) in [6, 6.07) is 0. The Labute approximate surface area is 48.5 Å². The standard InChI is InChI=1S/C4H10N4/c1-6-2-3-7-8-4-5/h4-6H,2-3H2,1H3/b5-4?,8-7+. The zero-order valence-corrected chi connectivity index (χ0v) is 4.89. The lowest BCUT2D eigenvalue weighted by Crippen LogP contribution is -2.09. The molecule has 0 aromatic carbocycles. The van der Waals surface area contributed by atoms with Gasteiger partial charge in [-0.2, -0.15) is 5.11 Å². The second-order valence-corrected chi connectivity index (χ2v) is 1.21. The Morgan fingerprint density at radius 3 is 3.00 bits per heavy atom. The van der Waals surface area contributed by atoms with Crippen LogP contribution in [-0.4, -0.2) is 26.5 Å². The highest BCUT2D eigenvalue weighted by Gasteiger charge is 1.73. The van der Waals surface area contributed by atoms with Crippen LogP contribution in [0.2, 0.25) is 0 Å². The number of hydrogen-bond acceptors (Lipinski definition) is 3. The summed E-state index contributed by atoms with van der Waals surface area (Å²) >= 11 is 0. The van der Waals surface area contributed by atoms with Gasteiger partial charge in [0.15, 0.2) is 0 Å². The van der Waals surface area contributed by atoms with Crippen LogP contribution in [0.25, 0.3) is 0 Å². The first kappa shape index (κ1) is 7.23. The fraction of sp³-hybridized carbons (Fsp3) is 0.750. The Morgan fingerprint density at radius 1 is 1.75 bits per heavy atom. The largest absolute Gasteiger partial charge is 0.318 e. The number of likely N-dealkylation sites (N-methyl/N-ethyl adjacent to an activating group) is 1. The molecule has 0 atom stereocenters. The molecule has 0 aliphatic rings. The van der Waals surface area contributed by atoms with Crippen LogP contribution in [0.3, 0.4) is 0 Å². The van der Waals surface area contributed by atoms with Crippen molar-refractivity contribution < 1.29 is 0 Å². The number of azo groups is 1. The lowest BCUT2D eigenvalue weighted by atomic mass is 10.7. The zero-order chi connectivity index (χ0) is 6.24. The highest BCUT2D eigenvalue weighted by Crippen LogP contribution is 1.67. The van der Waals surface area contributed by atoms with Crippen molar-refractivity contribution in [3.8, 4) is 0 Å². The van der Waals surface area contributed by atoms with Crippen LogP contribution in [0, 0.1) is 5.41 Å². The third-order valence-electron chi connectivity index (χ3n) is 0.601. The summed E-state index contributed by atoms with van der Waals surface area (Å²) in [5, 5.41) is 16.3. The van der Waals surface area contributed by atoms with Gasteiger partial charge in [-0.05, 0) is 7.05 Å². The van der Waals surface area contributed by atoms with Crippen LogP contribution in [0.1, 0.15) is 0 Å². The van der Waals surface area contributed by atoms with Gasteiger partial charge in [0, 0.05) is 6.54 Å². The molecular formula is C4H10N4. The quantitative estimate of drug-likeness (QED) is 0.234. The molecule has 0 bridgehead atoms. The molecule has 0 fully saturated rings. The van der Waals surface area contributed by atoms with Crippen LogP contribution in [-0.2, 0) is 0 Å². The van der Waals surface area contributed by atoms with E-state index in [-0.39, 0.29) is 0 Å². The minimum atomic E-state index is 0.645. The summed E-state index contributed by atoms with van der Waals surface area (Å²) in [7, 11) is 1.85. The first-order valence-corrected chi connectivity index (χ1v) is 2.42. The van der Waals surface area contributed by atoms with Crippen molar-refractivity contribution in [1.82, 2.24) is 5.32 Å². The van der Waals surface area contributed by atoms with Gasteiger partial charge in [0.1, 0.15) is 6.34 Å². The molecule has 0 saturated heterocycles. The SMILES string of the molecule is CNCC/N=N/C=N. The Hall–Kier alpha value is -0.770. The summed E-state index contributed by atoms with van der Waals surface area (Å²) in [6.45, 7) is 1.46. The molecule has 0 rings (SSSR count). The summed E-state index contributed by atoms with van der Waals surface area (Å²) in [5.74, 6) is 0. The first-order chi connectivity index (χ1) is 3.91. The number of hydrogen-bond donors (Lipinski definition) is 2. The fourth-order valence-electron chi connectivity index (χ4n) is 0.260. The molecule has 0 aliphatic heterocycles. The van der Waals surface area contributed by atoms with Gasteiger partial charge < -0.3 is 5.32 Å². The molecule has 0 aliphatic carbocycles. The smallest absolute Gasteiger partial charge is 0.129 e. The van der Waals surface area contributed by atoms with Gasteiger partial charge in [0.25, 0.3) is 0 Å². The van der Waals surface area contributed by atoms with Crippen molar-refractivity contribution in [3.05, 3.63) is 0 Å². The van der Waals surface area contributed by atoms with Gasteiger partial charge in [0.2, 0.25) is 0 Å². The third-order valence-corrected chi connectivity index (χ3v) is 0.601. The molecule has 0 aromatic rings. The van der Waals surface area contributed by atoms with Gasteiger partial charge in [-0.1, -0.05) is 0 Å². The van der Waals surface area contributed by atoms with Gasteiger partial charge in [0.05, 0.1) is 6.54 Å². The molecule has 4 heteroatoms. The van der Waals surface area contributed by atoms with E-state index in [4.69, 9.17) is 5.41 Å². The molecule has 0 amide bonds. The van der Waals surface area contributed by atoms with Crippen molar-refractivity contribution in [2.24, 2.45) is 10.2 Å². The maximum Gasteiger partial charge on any atom is 0.129 e. The van der Waals surface area contributed by atoms with Crippen molar-refractivity contribution in [2.45, 2.75) is 0 Å². The molecule has 0 saturated carbocycles. The highest BCUT2D eigenvalue weighted by atomic mass is 15.1. The van der Waals surface area contributed by atoms with E-state index in [1.54, 1.807) is 0 Å². The van der Waals surface area contributed by atoms with E-state index in [1.165, 1.54) is 0 Å². The van der Waals surface area contributed by atoms with E-state index >= 15 is 0 Å². The summed E-state index contributed by atoms with van der Waals surface area (Å²) in [6.07, 6.45) is 0.926. The Morgan fingerprint density at radius 2 is 2.50 bits per heavy atom. The van der Waals surface area contributed by atoms with E-state index in [1.807, 2.05) is 7.05 Å². The summed E-state index contributed by atoms with van der Waals surface area (Å²) in [4.78, 5) is 0. The molecule has 0 radical (unpaired) electrons. The maximum absolute atomic E-state index is 6.43. The predicted molar refractivity (Wildman–Crippen MR) is 32.4 cm³/mol. The number of rotatable bonds is 4. The summed E-state index contributed by atoms with van der Waals surface area (Å²) in [5.41, 5.74) is 0. The molecule has 0 spiro atoms. The molecular weight excluding hydrogens is 104 g/mol. The molecule has 0 aromatic heterocycles. The van der Waals surface area contributed by atoms with Crippen LogP contribution < -0.4 is 5.32 Å². The Balaban J connectivity index is 2.91. The van der Waals surface area contributed by atoms with Crippen molar-refractivity contribution in [3.63, 3.8) is 0 Å². The van der Waals surface area contributed by atoms with Gasteiger partial charge >= 0.3 is 0 Å². The molecule has 0 unspecified atom stereocenters. The molecule has 8 heavy (non-hydrogen) atoms. The van der Waals surface area contributed by atoms with Gasteiger partial charge in [-0.3, -0.25) is 5.41 Å². The molecule has 0 heterocycles. The van der Waals surface area contributed by atoms with Gasteiger partial charge in [-0.15, -0.1) is 5.11 Å². The van der Waals surface area contributed by atoms with E-state index in [0.29, 0.717) is 6.54 Å². The minimum absolute atomic E-state index is 0.645. The van der Waals surface area contributed by atoms with Crippen LogP contribution in [0.15, 0.2) is 10.2 Å². The number of nitrogens with one attached hydrogen (secondary N) is 2. The first-order valence-electron chi connectivity index (χ1n) is 2.42. The highest BCUT2D eigenvalue weighted by molar-refractivity contribution is 5.49. The van der Waals surface area contributed by atoms with Gasteiger partial charge in [-0.25, -0.2) is 0 Å². The van der Waals surface area contributed by atoms with Crippen molar-refractivity contribution in [1.29, 1.82) is 5.41 Å². The van der Waals surface area contributed by atoms with E-state index in [0.717, 1.165) is 12.9 Å². The fourth-order valence-corrected chi connectivity index (χ4v) is 0.260. The van der Waals surface area contributed by atoms with E-state index < -0.39 is 0 Å². The molecule has 2 N–H and O–H groups in total. The van der Waals surface area contributed by atoms with E-state index in [9.17, 15) is 0 Å². The summed E-state index contributed by atoms with van der Waals surface area (Å²) < 4.78 is 0. The second-order valence-electron chi connectivity index (χ2n) is 1.21. The average Bonchev–Trinajstić information content (AvgIpc) is 1.81. The van der Waals surface area contributed by atoms with Crippen LogP contribution in [0.5, 0.6) is 0 Å². The second kappa shape index (κ2) is 6.23. The third kappa shape index (κ3) is 5.23. The topological polar surface area (TPSA) is 60.6 Å². The molecule has 4 nitrogen and oxygen atoms in total. The molecule has 46 valence electrons. The maximum atomic E-state index is 6.43. The van der Waals surface area contributed by atoms with Crippen LogP contribution >= 0.6 is 0 Å². The van der Waals surface area contributed by atoms with Crippen molar-refractivity contribution in [2.75, 3.05) is 20.1 Å². The monoisotopic (exact) mass is 114 g/mol. The Bertz CT molecular complexity index is 78.1. The lowest BCUT2D eigenvalue weighted by Gasteiger charge is -1.86. The predicted octanol–water partition coefficient (Wildman–Crippen LogP) is 0.265. The normalized spacial score (nSPS) is 10.1. The Kier molecular flexibility index (Phi) is 5.63. The number of nitrogens with zero attached hydrogens (tertiary/aromatic N) is 2. The van der Waals surface area contributed by atoms with Crippen LogP contribution in [0.4, 0.5) is 0 Å². The lowest BCUT2D eigenvalue weighted by molar-refractivity contribution is 0.783. The van der Waals surface area contributed by atoms with Crippen molar-refractivity contribution >= 4 is 6.34 Å². The van der Waals surface area contributed by atoms with E-state index in [2.05, 4.69) is 15.5 Å². The minimum Gasteiger partial charge on any atom is -0.318 e.